The minimum Gasteiger partial charge on any atom is -0.487 e. The summed E-state index contributed by atoms with van der Waals surface area (Å²) in [7, 11) is -3.83. The molecule has 2 aromatic carbocycles. The summed E-state index contributed by atoms with van der Waals surface area (Å²) in [6, 6.07) is 22.6. The maximum absolute atomic E-state index is 14.1. The standard InChI is InChI=1S/C35H46N2O4S/c1-6-9-22-36(23-10-7-2)34(8-3)41-30-18-20-32(21-19-30)42(38,39)35-33(27(4)5)24-29-16-17-31(25-37(29)35)40-26-28-14-12-11-13-15-28/h11-21,24-25,27,34H,6-10,22-23,26H2,1-5H3. The van der Waals surface area contributed by atoms with E-state index < -0.39 is 9.84 Å². The molecule has 4 aromatic rings. The zero-order valence-corrected chi connectivity index (χ0v) is 26.6. The molecule has 42 heavy (non-hydrogen) atoms. The molecule has 2 aromatic heterocycles. The summed E-state index contributed by atoms with van der Waals surface area (Å²) >= 11 is 0. The average molecular weight is 591 g/mol. The molecule has 0 aliphatic heterocycles. The lowest BCUT2D eigenvalue weighted by molar-refractivity contribution is 0.0202. The second-order valence-electron chi connectivity index (χ2n) is 11.2. The summed E-state index contributed by atoms with van der Waals surface area (Å²) in [5, 5.41) is 0.281. The van der Waals surface area contributed by atoms with Gasteiger partial charge in [-0.2, -0.15) is 0 Å². The molecule has 7 heteroatoms. The van der Waals surface area contributed by atoms with Crippen molar-refractivity contribution < 1.29 is 17.9 Å². The first kappa shape index (κ1) is 31.6. The molecule has 0 aliphatic rings. The van der Waals surface area contributed by atoms with Crippen LogP contribution in [0.25, 0.3) is 5.52 Å². The number of benzene rings is 2. The van der Waals surface area contributed by atoms with E-state index in [2.05, 4.69) is 25.7 Å². The Hall–Kier alpha value is -3.29. The van der Waals surface area contributed by atoms with Gasteiger partial charge in [0.05, 0.1) is 11.1 Å². The van der Waals surface area contributed by atoms with Gasteiger partial charge in [-0.3, -0.25) is 4.90 Å². The fourth-order valence-corrected chi connectivity index (χ4v) is 6.91. The summed E-state index contributed by atoms with van der Waals surface area (Å²) in [4.78, 5) is 2.66. The van der Waals surface area contributed by atoms with E-state index in [0.717, 1.165) is 61.8 Å². The number of hydrogen-bond acceptors (Lipinski definition) is 5. The molecule has 1 atom stereocenters. The van der Waals surface area contributed by atoms with Crippen LogP contribution in [0.15, 0.2) is 88.9 Å². The molecule has 1 unspecified atom stereocenters. The van der Waals surface area contributed by atoms with Crippen LogP contribution in [0.3, 0.4) is 0 Å². The van der Waals surface area contributed by atoms with Crippen molar-refractivity contribution in [3.05, 3.63) is 90.1 Å². The number of nitrogens with zero attached hydrogens (tertiary/aromatic N) is 2. The zero-order chi connectivity index (χ0) is 30.1. The lowest BCUT2D eigenvalue weighted by Crippen LogP contribution is -2.40. The second-order valence-corrected chi connectivity index (χ2v) is 13.1. The zero-order valence-electron chi connectivity index (χ0n) is 25.8. The monoisotopic (exact) mass is 590 g/mol. The largest absolute Gasteiger partial charge is 0.487 e. The van der Waals surface area contributed by atoms with Crippen molar-refractivity contribution >= 4 is 15.4 Å². The number of rotatable bonds is 16. The smallest absolute Gasteiger partial charge is 0.222 e. The van der Waals surface area contributed by atoms with Crippen LogP contribution < -0.4 is 9.47 Å². The third kappa shape index (κ3) is 7.56. The third-order valence-corrected chi connectivity index (χ3v) is 9.44. The predicted octanol–water partition coefficient (Wildman–Crippen LogP) is 8.49. The van der Waals surface area contributed by atoms with Crippen LogP contribution in [0.5, 0.6) is 11.5 Å². The van der Waals surface area contributed by atoms with Crippen molar-refractivity contribution in [3.63, 3.8) is 0 Å². The van der Waals surface area contributed by atoms with Gasteiger partial charge in [-0.15, -0.1) is 0 Å². The first-order valence-corrected chi connectivity index (χ1v) is 16.8. The molecular formula is C35H46N2O4S. The van der Waals surface area contributed by atoms with Crippen LogP contribution in [0.2, 0.25) is 0 Å². The van der Waals surface area contributed by atoms with Gasteiger partial charge in [0.15, 0.2) is 6.23 Å². The van der Waals surface area contributed by atoms with Crippen LogP contribution in [0.4, 0.5) is 0 Å². The molecule has 0 spiro atoms. The van der Waals surface area contributed by atoms with Gasteiger partial charge in [0.2, 0.25) is 9.84 Å². The highest BCUT2D eigenvalue weighted by molar-refractivity contribution is 7.91. The van der Waals surface area contributed by atoms with E-state index in [4.69, 9.17) is 9.47 Å². The van der Waals surface area contributed by atoms with Gasteiger partial charge in [0, 0.05) is 18.6 Å². The summed E-state index contributed by atoms with van der Waals surface area (Å²) in [5.41, 5.74) is 2.64. The van der Waals surface area contributed by atoms with Crippen molar-refractivity contribution in [1.29, 1.82) is 0 Å². The highest BCUT2D eigenvalue weighted by Gasteiger charge is 2.28. The van der Waals surface area contributed by atoms with Crippen LogP contribution >= 0.6 is 0 Å². The number of hydrogen-bond donors (Lipinski definition) is 0. The fraction of sp³-hybridized carbons (Fsp3) is 0.429. The first-order chi connectivity index (χ1) is 20.3. The van der Waals surface area contributed by atoms with Crippen molar-refractivity contribution in [3.8, 4) is 11.5 Å². The normalized spacial score (nSPS) is 12.7. The predicted molar refractivity (Wildman–Crippen MR) is 170 cm³/mol. The molecule has 6 nitrogen and oxygen atoms in total. The van der Waals surface area contributed by atoms with E-state index in [0.29, 0.717) is 18.1 Å². The minimum absolute atomic E-state index is 0.0218. The van der Waals surface area contributed by atoms with E-state index in [9.17, 15) is 8.42 Å². The van der Waals surface area contributed by atoms with Gasteiger partial charge in [-0.05, 0) is 78.8 Å². The molecule has 0 saturated carbocycles. The Labute approximate surface area is 252 Å². The van der Waals surface area contributed by atoms with Crippen molar-refractivity contribution in [2.24, 2.45) is 0 Å². The number of ether oxygens (including phenoxy) is 2. The van der Waals surface area contributed by atoms with E-state index in [1.165, 1.54) is 0 Å². The number of aromatic nitrogens is 1. The van der Waals surface area contributed by atoms with Crippen LogP contribution in [-0.4, -0.2) is 37.0 Å². The van der Waals surface area contributed by atoms with Gasteiger partial charge in [0.1, 0.15) is 23.1 Å². The minimum atomic E-state index is -3.83. The number of sulfone groups is 1. The topological polar surface area (TPSA) is 60.2 Å². The summed E-state index contributed by atoms with van der Waals surface area (Å²) in [5.74, 6) is 1.31. The Balaban J connectivity index is 1.61. The Morgan fingerprint density at radius 2 is 1.48 bits per heavy atom. The quantitative estimate of drug-likeness (QED) is 0.123. The molecule has 0 amide bonds. The van der Waals surface area contributed by atoms with Crippen molar-refractivity contribution in [2.75, 3.05) is 13.1 Å². The maximum Gasteiger partial charge on any atom is 0.222 e. The molecule has 0 saturated heterocycles. The summed E-state index contributed by atoms with van der Waals surface area (Å²) in [6.07, 6.45) is 7.13. The summed E-state index contributed by atoms with van der Waals surface area (Å²) in [6.45, 7) is 13.0. The van der Waals surface area contributed by atoms with Crippen molar-refractivity contribution in [2.45, 2.75) is 95.4 Å². The van der Waals surface area contributed by atoms with Gasteiger partial charge in [-0.1, -0.05) is 77.8 Å². The lowest BCUT2D eigenvalue weighted by atomic mass is 10.1. The van der Waals surface area contributed by atoms with Gasteiger partial charge in [-0.25, -0.2) is 8.42 Å². The van der Waals surface area contributed by atoms with E-state index in [1.54, 1.807) is 34.9 Å². The Bertz CT molecular complexity index is 1500. The molecule has 0 fully saturated rings. The van der Waals surface area contributed by atoms with E-state index >= 15 is 0 Å². The lowest BCUT2D eigenvalue weighted by Gasteiger charge is -2.31. The first-order valence-electron chi connectivity index (χ1n) is 15.4. The second kappa shape index (κ2) is 14.7. The molecule has 0 radical (unpaired) electrons. The Morgan fingerprint density at radius 3 is 2.07 bits per heavy atom. The molecule has 4 rings (SSSR count). The van der Waals surface area contributed by atoms with Crippen LogP contribution in [0, 0.1) is 0 Å². The van der Waals surface area contributed by atoms with Crippen LogP contribution in [-0.2, 0) is 16.4 Å². The molecule has 0 aliphatic carbocycles. The number of pyridine rings is 1. The average Bonchev–Trinajstić information content (AvgIpc) is 3.40. The van der Waals surface area contributed by atoms with Crippen LogP contribution in [0.1, 0.15) is 83.8 Å². The molecule has 226 valence electrons. The Morgan fingerprint density at radius 1 is 0.833 bits per heavy atom. The fourth-order valence-electron chi connectivity index (χ4n) is 5.18. The van der Waals surface area contributed by atoms with Gasteiger partial charge >= 0.3 is 0 Å². The molecule has 0 N–H and O–H groups in total. The third-order valence-electron chi connectivity index (χ3n) is 7.61. The van der Waals surface area contributed by atoms with E-state index in [-0.39, 0.29) is 22.1 Å². The molecular weight excluding hydrogens is 544 g/mol. The number of fused-ring (bicyclic) bond motifs is 1. The van der Waals surface area contributed by atoms with Crippen molar-refractivity contribution in [1.82, 2.24) is 9.30 Å². The summed E-state index contributed by atoms with van der Waals surface area (Å²) < 4.78 is 42.5. The Kier molecular flexibility index (Phi) is 11.1. The highest BCUT2D eigenvalue weighted by atomic mass is 32.2. The van der Waals surface area contributed by atoms with Gasteiger partial charge in [0.25, 0.3) is 0 Å². The van der Waals surface area contributed by atoms with E-state index in [1.807, 2.05) is 62.4 Å². The highest BCUT2D eigenvalue weighted by Crippen LogP contribution is 2.34. The maximum atomic E-state index is 14.1. The molecule has 0 bridgehead atoms. The molecule has 2 heterocycles. The SMILES string of the molecule is CCCCN(CCCC)C(CC)Oc1ccc(S(=O)(=O)c2c(C(C)C)cc3ccc(OCc4ccccc4)cn23)cc1. The number of unbranched alkanes of at least 4 members (excludes halogenated alkanes) is 2. The van der Waals surface area contributed by atoms with Gasteiger partial charge < -0.3 is 13.9 Å².